The van der Waals surface area contributed by atoms with E-state index in [2.05, 4.69) is 5.32 Å². The Bertz CT molecular complexity index is 756. The number of rotatable bonds is 6. The molecule has 26 heavy (non-hydrogen) atoms. The Morgan fingerprint density at radius 3 is 2.62 bits per heavy atom. The number of sulfonamides is 1. The first-order valence-electron chi connectivity index (χ1n) is 8.68. The maximum atomic E-state index is 11.6. The van der Waals surface area contributed by atoms with Gasteiger partial charge >= 0.3 is 0 Å². The van der Waals surface area contributed by atoms with Gasteiger partial charge in [0.15, 0.2) is 0 Å². The van der Waals surface area contributed by atoms with Crippen LogP contribution in [0, 0.1) is 10.1 Å². The van der Waals surface area contributed by atoms with Crippen molar-refractivity contribution in [1.82, 2.24) is 4.31 Å². The van der Waals surface area contributed by atoms with Crippen molar-refractivity contribution in [2.24, 2.45) is 0 Å². The highest BCUT2D eigenvalue weighted by Gasteiger charge is 2.25. The standard InChI is InChI=1S/C16H24N4O5S/c1-26(23,24)19-8-6-18(7-9-19)13-4-5-16(20(21)22)15(11-13)17-12-14-3-2-10-25-14/h4-5,11,14,17H,2-3,6-10,12H2,1H3. The minimum Gasteiger partial charge on any atom is -0.377 e. The van der Waals surface area contributed by atoms with Gasteiger partial charge in [-0.15, -0.1) is 0 Å². The number of nitro benzene ring substituents is 1. The van der Waals surface area contributed by atoms with E-state index in [1.165, 1.54) is 16.6 Å². The van der Waals surface area contributed by atoms with Gasteiger partial charge in [-0.3, -0.25) is 10.1 Å². The van der Waals surface area contributed by atoms with Gasteiger partial charge in [-0.1, -0.05) is 0 Å². The number of hydrogen-bond acceptors (Lipinski definition) is 7. The van der Waals surface area contributed by atoms with Crippen LogP contribution in [-0.4, -0.2) is 69.3 Å². The number of anilines is 2. The highest BCUT2D eigenvalue weighted by atomic mass is 32.2. The molecule has 1 N–H and O–H groups in total. The van der Waals surface area contributed by atoms with Crippen molar-refractivity contribution in [1.29, 1.82) is 0 Å². The summed E-state index contributed by atoms with van der Waals surface area (Å²) in [5.74, 6) is 0. The van der Waals surface area contributed by atoms with Crippen LogP contribution >= 0.6 is 0 Å². The summed E-state index contributed by atoms with van der Waals surface area (Å²) in [5.41, 5.74) is 1.34. The highest BCUT2D eigenvalue weighted by molar-refractivity contribution is 7.88. The van der Waals surface area contributed by atoms with E-state index in [1.807, 2.05) is 4.90 Å². The Morgan fingerprint density at radius 1 is 1.31 bits per heavy atom. The summed E-state index contributed by atoms with van der Waals surface area (Å²) in [4.78, 5) is 13.0. The lowest BCUT2D eigenvalue weighted by Gasteiger charge is -2.34. The van der Waals surface area contributed by atoms with Crippen molar-refractivity contribution in [3.05, 3.63) is 28.3 Å². The van der Waals surface area contributed by atoms with Crippen LogP contribution in [0.5, 0.6) is 0 Å². The summed E-state index contributed by atoms with van der Waals surface area (Å²) in [7, 11) is -3.18. The minimum atomic E-state index is -3.18. The number of nitrogens with zero attached hydrogens (tertiary/aromatic N) is 3. The fourth-order valence-electron chi connectivity index (χ4n) is 3.33. The minimum absolute atomic E-state index is 0.0292. The summed E-state index contributed by atoms with van der Waals surface area (Å²) >= 11 is 0. The topological polar surface area (TPSA) is 105 Å². The number of piperazine rings is 1. The predicted molar refractivity (Wildman–Crippen MR) is 99.2 cm³/mol. The molecule has 3 rings (SSSR count). The van der Waals surface area contributed by atoms with Crippen LogP contribution < -0.4 is 10.2 Å². The lowest BCUT2D eigenvalue weighted by Crippen LogP contribution is -2.48. The van der Waals surface area contributed by atoms with Gasteiger partial charge in [0.25, 0.3) is 5.69 Å². The van der Waals surface area contributed by atoms with E-state index in [0.29, 0.717) is 38.4 Å². The van der Waals surface area contributed by atoms with Gasteiger partial charge in [-0.05, 0) is 25.0 Å². The lowest BCUT2D eigenvalue weighted by molar-refractivity contribution is -0.383. The van der Waals surface area contributed by atoms with Crippen molar-refractivity contribution >= 4 is 27.1 Å². The zero-order valence-electron chi connectivity index (χ0n) is 14.8. The molecule has 1 aromatic carbocycles. The zero-order valence-corrected chi connectivity index (χ0v) is 15.6. The van der Waals surface area contributed by atoms with Crippen LogP contribution in [0.4, 0.5) is 17.1 Å². The van der Waals surface area contributed by atoms with E-state index in [9.17, 15) is 18.5 Å². The number of nitro groups is 1. The highest BCUT2D eigenvalue weighted by Crippen LogP contribution is 2.30. The molecule has 0 aliphatic carbocycles. The van der Waals surface area contributed by atoms with E-state index >= 15 is 0 Å². The molecule has 2 fully saturated rings. The molecule has 1 unspecified atom stereocenters. The summed E-state index contributed by atoms with van der Waals surface area (Å²) in [6, 6.07) is 4.98. The molecule has 0 amide bonds. The van der Waals surface area contributed by atoms with Crippen molar-refractivity contribution in [2.75, 3.05) is 55.8 Å². The van der Waals surface area contributed by atoms with Gasteiger partial charge in [-0.2, -0.15) is 4.31 Å². The Labute approximate surface area is 153 Å². The molecule has 0 saturated carbocycles. The number of nitrogens with one attached hydrogen (secondary N) is 1. The number of ether oxygens (including phenoxy) is 1. The van der Waals surface area contributed by atoms with E-state index in [4.69, 9.17) is 4.74 Å². The van der Waals surface area contributed by atoms with E-state index < -0.39 is 14.9 Å². The number of benzene rings is 1. The maximum absolute atomic E-state index is 11.6. The number of hydrogen-bond donors (Lipinski definition) is 1. The van der Waals surface area contributed by atoms with Crippen LogP contribution in [0.3, 0.4) is 0 Å². The first-order valence-corrected chi connectivity index (χ1v) is 10.5. The van der Waals surface area contributed by atoms with Crippen LogP contribution in [0.1, 0.15) is 12.8 Å². The molecule has 0 aromatic heterocycles. The Morgan fingerprint density at radius 2 is 2.04 bits per heavy atom. The first-order chi connectivity index (χ1) is 12.3. The second-order valence-corrected chi connectivity index (χ2v) is 8.61. The Balaban J connectivity index is 1.71. The molecular weight excluding hydrogens is 360 g/mol. The predicted octanol–water partition coefficient (Wildman–Crippen LogP) is 1.27. The van der Waals surface area contributed by atoms with Gasteiger partial charge in [0.05, 0.1) is 17.3 Å². The van der Waals surface area contributed by atoms with Crippen LogP contribution in [0.25, 0.3) is 0 Å². The fourth-order valence-corrected chi connectivity index (χ4v) is 4.16. The van der Waals surface area contributed by atoms with Crippen LogP contribution in [0.15, 0.2) is 18.2 Å². The molecule has 2 aliphatic rings. The monoisotopic (exact) mass is 384 g/mol. The summed E-state index contributed by atoms with van der Waals surface area (Å²) in [5, 5.41) is 14.5. The van der Waals surface area contributed by atoms with Crippen LogP contribution in [-0.2, 0) is 14.8 Å². The molecule has 2 saturated heterocycles. The van der Waals surface area contributed by atoms with Crippen molar-refractivity contribution < 1.29 is 18.1 Å². The molecule has 0 spiro atoms. The molecule has 144 valence electrons. The van der Waals surface area contributed by atoms with Crippen molar-refractivity contribution in [2.45, 2.75) is 18.9 Å². The smallest absolute Gasteiger partial charge is 0.292 e. The Kier molecular flexibility index (Phi) is 5.64. The molecule has 2 heterocycles. The third kappa shape index (κ3) is 4.43. The second-order valence-electron chi connectivity index (χ2n) is 6.62. The third-order valence-electron chi connectivity index (χ3n) is 4.79. The van der Waals surface area contributed by atoms with Gasteiger partial charge in [-0.25, -0.2) is 8.42 Å². The molecular formula is C16H24N4O5S. The first kappa shape index (κ1) is 18.9. The molecule has 1 aromatic rings. The Hall–Kier alpha value is -1.91. The molecule has 9 nitrogen and oxygen atoms in total. The van der Waals surface area contributed by atoms with Crippen molar-refractivity contribution in [3.63, 3.8) is 0 Å². The third-order valence-corrected chi connectivity index (χ3v) is 6.10. The lowest BCUT2D eigenvalue weighted by atomic mass is 10.2. The zero-order chi connectivity index (χ0) is 18.7. The van der Waals surface area contributed by atoms with Crippen molar-refractivity contribution in [3.8, 4) is 0 Å². The SMILES string of the molecule is CS(=O)(=O)N1CCN(c2ccc([N+](=O)[O-])c(NCC3CCCO3)c2)CC1. The van der Waals surface area contributed by atoms with Gasteiger partial charge in [0.2, 0.25) is 10.0 Å². The molecule has 10 heteroatoms. The van der Waals surface area contributed by atoms with E-state index in [-0.39, 0.29) is 11.8 Å². The van der Waals surface area contributed by atoms with E-state index in [0.717, 1.165) is 25.1 Å². The quantitative estimate of drug-likeness (QED) is 0.581. The summed E-state index contributed by atoms with van der Waals surface area (Å²) in [6.45, 7) is 3.19. The average Bonchev–Trinajstić information content (AvgIpc) is 3.12. The second kappa shape index (κ2) is 7.77. The molecule has 1 atom stereocenters. The molecule has 2 aliphatic heterocycles. The normalized spacial score (nSPS) is 21.7. The summed E-state index contributed by atoms with van der Waals surface area (Å²) < 4.78 is 30.3. The van der Waals surface area contributed by atoms with Gasteiger partial charge in [0.1, 0.15) is 5.69 Å². The average molecular weight is 384 g/mol. The molecule has 0 radical (unpaired) electrons. The van der Waals surface area contributed by atoms with Gasteiger partial charge in [0, 0.05) is 51.1 Å². The largest absolute Gasteiger partial charge is 0.377 e. The summed E-state index contributed by atoms with van der Waals surface area (Å²) in [6.07, 6.45) is 3.26. The molecule has 0 bridgehead atoms. The van der Waals surface area contributed by atoms with E-state index in [1.54, 1.807) is 12.1 Å². The maximum Gasteiger partial charge on any atom is 0.292 e. The van der Waals surface area contributed by atoms with Gasteiger partial charge < -0.3 is 15.0 Å². The fraction of sp³-hybridized carbons (Fsp3) is 0.625. The van der Waals surface area contributed by atoms with Crippen LogP contribution in [0.2, 0.25) is 0 Å².